The van der Waals surface area contributed by atoms with Crippen molar-refractivity contribution >= 4 is 23.0 Å². The Hall–Kier alpha value is -2.02. The Bertz CT molecular complexity index is 782. The second-order valence-electron chi connectivity index (χ2n) is 6.11. The highest BCUT2D eigenvalue weighted by atomic mass is 35.5. The summed E-state index contributed by atoms with van der Waals surface area (Å²) in [5, 5.41) is 13.9. The first-order valence-electron chi connectivity index (χ1n) is 7.58. The molecule has 24 heavy (non-hydrogen) atoms. The van der Waals surface area contributed by atoms with Crippen molar-refractivity contribution in [2.75, 3.05) is 36.6 Å². The third-order valence-electron chi connectivity index (χ3n) is 4.12. The van der Waals surface area contributed by atoms with E-state index in [1.807, 2.05) is 17.0 Å². The van der Waals surface area contributed by atoms with Crippen molar-refractivity contribution < 1.29 is 19.0 Å². The lowest BCUT2D eigenvalue weighted by Crippen LogP contribution is -2.57. The van der Waals surface area contributed by atoms with Crippen molar-refractivity contribution in [1.82, 2.24) is 0 Å². The van der Waals surface area contributed by atoms with Crippen LogP contribution in [0.15, 0.2) is 36.4 Å². The van der Waals surface area contributed by atoms with Crippen LogP contribution in [0.25, 0.3) is 0 Å². The molecule has 0 spiro atoms. The largest absolute Gasteiger partial charge is 0.454 e. The van der Waals surface area contributed by atoms with Crippen LogP contribution in [0.4, 0.5) is 15.8 Å². The second-order valence-corrected chi connectivity index (χ2v) is 6.54. The Balaban J connectivity index is 1.56. The molecule has 2 aliphatic heterocycles. The fourth-order valence-electron chi connectivity index (χ4n) is 2.86. The van der Waals surface area contributed by atoms with Crippen molar-refractivity contribution in [3.8, 4) is 11.5 Å². The quantitative estimate of drug-likeness (QED) is 0.886. The Morgan fingerprint density at radius 3 is 2.83 bits per heavy atom. The maximum atomic E-state index is 13.9. The van der Waals surface area contributed by atoms with Gasteiger partial charge in [0.25, 0.3) is 0 Å². The molecular weight excluding hydrogens is 335 g/mol. The van der Waals surface area contributed by atoms with Gasteiger partial charge in [-0.15, -0.1) is 0 Å². The average Bonchev–Trinajstić information content (AvgIpc) is 2.91. The number of halogens is 2. The molecule has 2 heterocycles. The lowest BCUT2D eigenvalue weighted by molar-refractivity contribution is -0.171. The molecule has 0 aliphatic carbocycles. The Kier molecular flexibility index (Phi) is 3.75. The average molecular weight is 351 g/mol. The molecular formula is C17H16ClFN2O3. The van der Waals surface area contributed by atoms with Crippen LogP contribution in [0.1, 0.15) is 0 Å². The SMILES string of the molecule is OC1(CN2CNc3ccc(Oc4ccc(Cl)cc4F)cc32)COC1. The maximum Gasteiger partial charge on any atom is 0.167 e. The van der Waals surface area contributed by atoms with Crippen LogP contribution < -0.4 is 15.0 Å². The van der Waals surface area contributed by atoms with Crippen molar-refractivity contribution in [2.24, 2.45) is 0 Å². The molecule has 0 bridgehead atoms. The van der Waals surface area contributed by atoms with Crippen LogP contribution in [-0.2, 0) is 4.74 Å². The molecule has 126 valence electrons. The zero-order valence-electron chi connectivity index (χ0n) is 12.8. The monoisotopic (exact) mass is 350 g/mol. The molecule has 0 saturated carbocycles. The summed E-state index contributed by atoms with van der Waals surface area (Å²) in [6.45, 7) is 1.73. The van der Waals surface area contributed by atoms with Gasteiger partial charge in [-0.05, 0) is 30.3 Å². The number of hydrogen-bond donors (Lipinski definition) is 2. The van der Waals surface area contributed by atoms with Crippen LogP contribution in [0, 0.1) is 5.82 Å². The molecule has 2 aliphatic rings. The standard InChI is InChI=1S/C17H16ClFN2O3/c18-11-1-4-16(13(19)5-11)24-12-2-3-14-15(6-12)21(10-20-14)7-17(22)8-23-9-17/h1-6,20,22H,7-10H2. The number of anilines is 2. The van der Waals surface area contributed by atoms with Gasteiger partial charge in [-0.3, -0.25) is 0 Å². The van der Waals surface area contributed by atoms with Gasteiger partial charge in [0.1, 0.15) is 11.4 Å². The number of rotatable bonds is 4. The molecule has 0 aromatic heterocycles. The highest BCUT2D eigenvalue weighted by Crippen LogP contribution is 2.38. The molecule has 7 heteroatoms. The molecule has 2 N–H and O–H groups in total. The van der Waals surface area contributed by atoms with Crippen molar-refractivity contribution in [1.29, 1.82) is 0 Å². The lowest BCUT2D eigenvalue weighted by atomic mass is 10.0. The van der Waals surface area contributed by atoms with Crippen LogP contribution in [-0.4, -0.2) is 37.1 Å². The fourth-order valence-corrected chi connectivity index (χ4v) is 3.02. The van der Waals surface area contributed by atoms with Crippen molar-refractivity contribution in [2.45, 2.75) is 5.60 Å². The zero-order valence-corrected chi connectivity index (χ0v) is 13.5. The summed E-state index contributed by atoms with van der Waals surface area (Å²) in [4.78, 5) is 2.02. The van der Waals surface area contributed by atoms with Gasteiger partial charge in [0.05, 0.1) is 37.8 Å². The molecule has 2 aromatic carbocycles. The second kappa shape index (κ2) is 5.81. The summed E-state index contributed by atoms with van der Waals surface area (Å²) in [6.07, 6.45) is 0. The summed E-state index contributed by atoms with van der Waals surface area (Å²) in [5.41, 5.74) is 1.03. The number of benzene rings is 2. The van der Waals surface area contributed by atoms with E-state index >= 15 is 0 Å². The number of β-amino-alcohol motifs (C(OH)–C–C–N with tert-alkyl or cyclic N) is 1. The van der Waals surface area contributed by atoms with E-state index in [0.717, 1.165) is 11.4 Å². The Morgan fingerprint density at radius 1 is 1.29 bits per heavy atom. The van der Waals surface area contributed by atoms with Gasteiger partial charge in [0.15, 0.2) is 11.6 Å². The van der Waals surface area contributed by atoms with Gasteiger partial charge in [-0.25, -0.2) is 4.39 Å². The molecule has 2 aromatic rings. The van der Waals surface area contributed by atoms with Crippen LogP contribution in [0.3, 0.4) is 0 Å². The van der Waals surface area contributed by atoms with Crippen LogP contribution in [0.2, 0.25) is 5.02 Å². The predicted molar refractivity (Wildman–Crippen MR) is 89.5 cm³/mol. The number of fused-ring (bicyclic) bond motifs is 1. The third-order valence-corrected chi connectivity index (χ3v) is 4.35. The summed E-state index contributed by atoms with van der Waals surface area (Å²) >= 11 is 5.75. The van der Waals surface area contributed by atoms with Gasteiger partial charge >= 0.3 is 0 Å². The molecule has 0 unspecified atom stereocenters. The van der Waals surface area contributed by atoms with Gasteiger partial charge in [0.2, 0.25) is 0 Å². The normalized spacial score (nSPS) is 17.9. The molecule has 1 saturated heterocycles. The Morgan fingerprint density at radius 2 is 2.12 bits per heavy atom. The summed E-state index contributed by atoms with van der Waals surface area (Å²) in [6, 6.07) is 9.75. The Labute approximate surface area is 143 Å². The highest BCUT2D eigenvalue weighted by molar-refractivity contribution is 6.30. The number of aliphatic hydroxyl groups is 1. The topological polar surface area (TPSA) is 54.0 Å². The van der Waals surface area contributed by atoms with Gasteiger partial charge in [-0.1, -0.05) is 11.6 Å². The van der Waals surface area contributed by atoms with E-state index in [1.165, 1.54) is 12.1 Å². The molecule has 0 amide bonds. The van der Waals surface area contributed by atoms with Crippen LogP contribution >= 0.6 is 11.6 Å². The van der Waals surface area contributed by atoms with E-state index in [9.17, 15) is 9.50 Å². The number of hydrogen-bond acceptors (Lipinski definition) is 5. The van der Waals surface area contributed by atoms with E-state index in [1.54, 1.807) is 12.1 Å². The van der Waals surface area contributed by atoms with E-state index < -0.39 is 11.4 Å². The van der Waals surface area contributed by atoms with Gasteiger partial charge in [0, 0.05) is 11.1 Å². The lowest BCUT2D eigenvalue weighted by Gasteiger charge is -2.39. The number of ether oxygens (including phenoxy) is 2. The number of nitrogens with one attached hydrogen (secondary N) is 1. The molecule has 0 atom stereocenters. The third kappa shape index (κ3) is 2.88. The number of nitrogens with zero attached hydrogens (tertiary/aromatic N) is 1. The molecule has 5 nitrogen and oxygen atoms in total. The highest BCUT2D eigenvalue weighted by Gasteiger charge is 2.39. The van der Waals surface area contributed by atoms with Crippen LogP contribution in [0.5, 0.6) is 11.5 Å². The minimum atomic E-state index is -0.817. The molecule has 1 fully saturated rings. The van der Waals surface area contributed by atoms with Gasteiger partial charge in [-0.2, -0.15) is 0 Å². The first kappa shape index (κ1) is 15.5. The molecule has 0 radical (unpaired) electrons. The maximum absolute atomic E-state index is 13.9. The molecule has 4 rings (SSSR count). The minimum absolute atomic E-state index is 0.114. The fraction of sp³-hybridized carbons (Fsp3) is 0.294. The van der Waals surface area contributed by atoms with E-state index in [2.05, 4.69) is 5.32 Å². The smallest absolute Gasteiger partial charge is 0.167 e. The van der Waals surface area contributed by atoms with Crippen molar-refractivity contribution in [3.63, 3.8) is 0 Å². The predicted octanol–water partition coefficient (Wildman–Crippen LogP) is 3.22. The zero-order chi connectivity index (χ0) is 16.7. The van der Waals surface area contributed by atoms with Gasteiger partial charge < -0.3 is 24.8 Å². The van der Waals surface area contributed by atoms with Crippen molar-refractivity contribution in [3.05, 3.63) is 47.2 Å². The summed E-state index contributed by atoms with van der Waals surface area (Å²) < 4.78 is 24.6. The minimum Gasteiger partial charge on any atom is -0.454 e. The van der Waals surface area contributed by atoms with E-state index in [-0.39, 0.29) is 5.75 Å². The first-order chi connectivity index (χ1) is 11.5. The van der Waals surface area contributed by atoms with E-state index in [0.29, 0.717) is 37.2 Å². The summed E-state index contributed by atoms with van der Waals surface area (Å²) in [5.74, 6) is 0.113. The summed E-state index contributed by atoms with van der Waals surface area (Å²) in [7, 11) is 0. The van der Waals surface area contributed by atoms with E-state index in [4.69, 9.17) is 21.1 Å². The first-order valence-corrected chi connectivity index (χ1v) is 7.96.